The average molecular weight is 284 g/mol. The lowest BCUT2D eigenvalue weighted by molar-refractivity contribution is 0.379. The molecule has 0 saturated heterocycles. The van der Waals surface area contributed by atoms with Crippen LogP contribution in [0.25, 0.3) is 0 Å². The van der Waals surface area contributed by atoms with Crippen LogP contribution < -0.4 is 15.2 Å². The van der Waals surface area contributed by atoms with Gasteiger partial charge in [-0.1, -0.05) is 41.4 Å². The molecule has 0 heterocycles. The summed E-state index contributed by atoms with van der Waals surface area (Å²) in [6, 6.07) is 10.8. The van der Waals surface area contributed by atoms with Gasteiger partial charge in [-0.25, -0.2) is 0 Å². The number of methoxy groups -OCH3 is 1. The molecule has 0 atom stereocenters. The minimum Gasteiger partial charge on any atom is -0.491 e. The topological polar surface area (TPSA) is 44.5 Å². The number of ether oxygens (including phenoxy) is 2. The third kappa shape index (κ3) is 2.47. The molecule has 0 aromatic heterocycles. The molecule has 0 fully saturated rings. The molecular weight excluding hydrogens is 273 g/mol. The zero-order chi connectivity index (χ0) is 13.1. The van der Waals surface area contributed by atoms with Crippen LogP contribution in [0.2, 0.25) is 10.0 Å². The number of halogens is 2. The highest BCUT2D eigenvalue weighted by molar-refractivity contribution is 6.40. The minimum atomic E-state index is 0.246. The Bertz CT molecular complexity index is 559. The SMILES string of the molecule is COc1c(Oc2ccccc2)cc(Cl)c(N)c1Cl. The molecule has 0 aliphatic rings. The zero-order valence-corrected chi connectivity index (χ0v) is 11.1. The van der Waals surface area contributed by atoms with E-state index in [0.717, 1.165) is 0 Å². The number of rotatable bonds is 3. The Morgan fingerprint density at radius 1 is 1.11 bits per heavy atom. The Morgan fingerprint density at radius 3 is 2.39 bits per heavy atom. The molecule has 18 heavy (non-hydrogen) atoms. The van der Waals surface area contributed by atoms with Crippen LogP contribution in [-0.2, 0) is 0 Å². The summed E-state index contributed by atoms with van der Waals surface area (Å²) in [5.41, 5.74) is 5.99. The molecule has 2 rings (SSSR count). The van der Waals surface area contributed by atoms with Crippen molar-refractivity contribution in [2.75, 3.05) is 12.8 Å². The maximum absolute atomic E-state index is 6.06. The highest BCUT2D eigenvalue weighted by Gasteiger charge is 2.16. The fourth-order valence-corrected chi connectivity index (χ4v) is 1.99. The highest BCUT2D eigenvalue weighted by Crippen LogP contribution is 2.44. The lowest BCUT2D eigenvalue weighted by Gasteiger charge is -2.14. The monoisotopic (exact) mass is 283 g/mol. The molecule has 0 saturated carbocycles. The number of nitrogens with two attached hydrogens (primary N) is 1. The maximum atomic E-state index is 6.06. The lowest BCUT2D eigenvalue weighted by atomic mass is 10.2. The molecule has 0 spiro atoms. The Balaban J connectivity index is 2.45. The molecule has 2 aromatic carbocycles. The molecular formula is C13H11Cl2NO2. The van der Waals surface area contributed by atoms with Gasteiger partial charge in [-0.3, -0.25) is 0 Å². The van der Waals surface area contributed by atoms with E-state index in [-0.39, 0.29) is 10.7 Å². The Morgan fingerprint density at radius 2 is 1.78 bits per heavy atom. The highest BCUT2D eigenvalue weighted by atomic mass is 35.5. The van der Waals surface area contributed by atoms with E-state index in [1.807, 2.05) is 30.3 Å². The fourth-order valence-electron chi connectivity index (χ4n) is 1.48. The second-order valence-corrected chi connectivity index (χ2v) is 4.32. The molecule has 94 valence electrons. The standard InChI is InChI=1S/C13H11Cl2NO2/c1-17-13-10(7-9(14)12(16)11(13)15)18-8-5-3-2-4-6-8/h2-7H,16H2,1H3. The number of anilines is 1. The summed E-state index contributed by atoms with van der Waals surface area (Å²) in [4.78, 5) is 0. The van der Waals surface area contributed by atoms with Crippen molar-refractivity contribution >= 4 is 28.9 Å². The van der Waals surface area contributed by atoms with E-state index < -0.39 is 0 Å². The first-order valence-corrected chi connectivity index (χ1v) is 5.93. The molecule has 2 N–H and O–H groups in total. The van der Waals surface area contributed by atoms with Crippen LogP contribution in [0, 0.1) is 0 Å². The van der Waals surface area contributed by atoms with Crippen molar-refractivity contribution in [1.82, 2.24) is 0 Å². The van der Waals surface area contributed by atoms with Gasteiger partial charge in [-0.2, -0.15) is 0 Å². The summed E-state index contributed by atoms with van der Waals surface area (Å²) in [7, 11) is 1.49. The van der Waals surface area contributed by atoms with E-state index in [2.05, 4.69) is 0 Å². The molecule has 2 aromatic rings. The van der Waals surface area contributed by atoms with Crippen LogP contribution in [0.1, 0.15) is 0 Å². The first-order valence-electron chi connectivity index (χ1n) is 5.18. The van der Waals surface area contributed by atoms with E-state index in [1.54, 1.807) is 6.07 Å². The predicted molar refractivity (Wildman–Crippen MR) is 73.9 cm³/mol. The zero-order valence-electron chi connectivity index (χ0n) is 9.61. The first-order chi connectivity index (χ1) is 8.63. The van der Waals surface area contributed by atoms with E-state index in [1.165, 1.54) is 7.11 Å². The van der Waals surface area contributed by atoms with Gasteiger partial charge < -0.3 is 15.2 Å². The van der Waals surface area contributed by atoms with Gasteiger partial charge in [0.15, 0.2) is 11.5 Å². The van der Waals surface area contributed by atoms with Crippen molar-refractivity contribution in [3.63, 3.8) is 0 Å². The van der Waals surface area contributed by atoms with Gasteiger partial charge >= 0.3 is 0 Å². The van der Waals surface area contributed by atoms with Gasteiger partial charge in [0.05, 0.1) is 17.8 Å². The van der Waals surface area contributed by atoms with Gasteiger partial charge in [0.1, 0.15) is 10.8 Å². The molecule has 0 aliphatic heterocycles. The van der Waals surface area contributed by atoms with Crippen molar-refractivity contribution < 1.29 is 9.47 Å². The third-order valence-electron chi connectivity index (χ3n) is 2.35. The van der Waals surface area contributed by atoms with Crippen LogP contribution in [0.15, 0.2) is 36.4 Å². The smallest absolute Gasteiger partial charge is 0.182 e. The molecule has 0 aliphatic carbocycles. The maximum Gasteiger partial charge on any atom is 0.182 e. The van der Waals surface area contributed by atoms with Crippen LogP contribution in [-0.4, -0.2) is 7.11 Å². The first kappa shape index (κ1) is 12.9. The Labute approximate surface area is 115 Å². The van der Waals surface area contributed by atoms with Crippen LogP contribution >= 0.6 is 23.2 Å². The number of hydrogen-bond acceptors (Lipinski definition) is 3. The van der Waals surface area contributed by atoms with Gasteiger partial charge in [0, 0.05) is 6.07 Å². The van der Waals surface area contributed by atoms with Crippen LogP contribution in [0.5, 0.6) is 17.2 Å². The number of benzene rings is 2. The molecule has 0 bridgehead atoms. The van der Waals surface area contributed by atoms with Crippen molar-refractivity contribution in [2.24, 2.45) is 0 Å². The van der Waals surface area contributed by atoms with E-state index in [9.17, 15) is 0 Å². The van der Waals surface area contributed by atoms with Crippen molar-refractivity contribution in [2.45, 2.75) is 0 Å². The van der Waals surface area contributed by atoms with Gasteiger partial charge in [-0.15, -0.1) is 0 Å². The fraction of sp³-hybridized carbons (Fsp3) is 0.0769. The minimum absolute atomic E-state index is 0.246. The number of para-hydroxylation sites is 1. The second-order valence-electron chi connectivity index (χ2n) is 3.53. The summed E-state index contributed by atoms with van der Waals surface area (Å²) in [5, 5.41) is 0.572. The normalized spacial score (nSPS) is 10.2. The van der Waals surface area contributed by atoms with Gasteiger partial charge in [0.25, 0.3) is 0 Å². The van der Waals surface area contributed by atoms with E-state index in [4.69, 9.17) is 38.4 Å². The van der Waals surface area contributed by atoms with Crippen LogP contribution in [0.4, 0.5) is 5.69 Å². The lowest BCUT2D eigenvalue weighted by Crippen LogP contribution is -1.96. The molecule has 0 radical (unpaired) electrons. The largest absolute Gasteiger partial charge is 0.491 e. The number of hydrogen-bond donors (Lipinski definition) is 1. The molecule has 0 unspecified atom stereocenters. The molecule has 0 amide bonds. The van der Waals surface area contributed by atoms with Crippen molar-refractivity contribution in [3.05, 3.63) is 46.4 Å². The summed E-state index contributed by atoms with van der Waals surface area (Å²) in [5.74, 6) is 1.45. The van der Waals surface area contributed by atoms with Gasteiger partial charge in [0.2, 0.25) is 0 Å². The van der Waals surface area contributed by atoms with Gasteiger partial charge in [-0.05, 0) is 12.1 Å². The second kappa shape index (κ2) is 5.38. The Kier molecular flexibility index (Phi) is 3.84. The number of nitrogen functional groups attached to an aromatic ring is 1. The van der Waals surface area contributed by atoms with E-state index in [0.29, 0.717) is 22.3 Å². The summed E-state index contributed by atoms with van der Waals surface area (Å²) in [6.45, 7) is 0. The summed E-state index contributed by atoms with van der Waals surface area (Å²) < 4.78 is 10.9. The summed E-state index contributed by atoms with van der Waals surface area (Å²) >= 11 is 12.0. The van der Waals surface area contributed by atoms with Crippen molar-refractivity contribution in [3.8, 4) is 17.2 Å². The molecule has 3 nitrogen and oxygen atoms in total. The Hall–Kier alpha value is -1.58. The molecule has 5 heteroatoms. The van der Waals surface area contributed by atoms with Crippen molar-refractivity contribution in [1.29, 1.82) is 0 Å². The van der Waals surface area contributed by atoms with E-state index >= 15 is 0 Å². The predicted octanol–water partition coefficient (Wildman–Crippen LogP) is 4.38. The summed E-state index contributed by atoms with van der Waals surface area (Å²) in [6.07, 6.45) is 0. The quantitative estimate of drug-likeness (QED) is 0.851. The average Bonchev–Trinajstić information content (AvgIpc) is 2.38. The third-order valence-corrected chi connectivity index (χ3v) is 3.04. The van der Waals surface area contributed by atoms with Crippen LogP contribution in [0.3, 0.4) is 0 Å².